The molecule has 0 fully saturated rings. The second kappa shape index (κ2) is 5.07. The van der Waals surface area contributed by atoms with Crippen LogP contribution in [0.3, 0.4) is 0 Å². The maximum Gasteiger partial charge on any atom is 0.303 e. The average molecular weight is 234 g/mol. The highest BCUT2D eigenvalue weighted by Gasteiger charge is 2.10. The van der Waals surface area contributed by atoms with Gasteiger partial charge in [-0.15, -0.1) is 11.3 Å². The number of carboxylic acids is 1. The Hall–Kier alpha value is -0.940. The first-order valence-corrected chi connectivity index (χ1v) is 5.21. The minimum atomic E-state index is -0.894. The van der Waals surface area contributed by atoms with E-state index < -0.39 is 5.97 Å². The zero-order valence-corrected chi connectivity index (χ0v) is 8.77. The minimum Gasteiger partial charge on any atom is -0.481 e. The Labute approximate surface area is 89.5 Å². The van der Waals surface area contributed by atoms with Crippen LogP contribution in [0.1, 0.15) is 29.1 Å². The number of carboxylic acid groups (broad SMARTS) is 1. The Balaban J connectivity index is 2.39. The zero-order chi connectivity index (χ0) is 10.6. The molecule has 14 heavy (non-hydrogen) atoms. The molecule has 0 aliphatic heterocycles. The number of aromatic nitrogens is 1. The van der Waals surface area contributed by atoms with Gasteiger partial charge >= 0.3 is 5.97 Å². The van der Waals surface area contributed by atoms with Crippen LogP contribution in [0.25, 0.3) is 0 Å². The molecule has 0 unspecified atom stereocenters. The highest BCUT2D eigenvalue weighted by Crippen LogP contribution is 2.16. The zero-order valence-electron chi connectivity index (χ0n) is 7.20. The number of hydrogen-bond donors (Lipinski definition) is 1. The van der Waals surface area contributed by atoms with Crippen molar-refractivity contribution >= 4 is 34.7 Å². The van der Waals surface area contributed by atoms with Crippen molar-refractivity contribution in [1.82, 2.24) is 4.98 Å². The molecule has 0 atom stereocenters. The van der Waals surface area contributed by atoms with E-state index in [1.54, 1.807) is 5.38 Å². The van der Waals surface area contributed by atoms with E-state index in [1.807, 2.05) is 0 Å². The summed E-state index contributed by atoms with van der Waals surface area (Å²) in [5.41, 5.74) is 0. The summed E-state index contributed by atoms with van der Waals surface area (Å²) in [7, 11) is 0. The van der Waals surface area contributed by atoms with Crippen molar-refractivity contribution in [3.63, 3.8) is 0 Å². The molecule has 0 spiro atoms. The maximum absolute atomic E-state index is 11.3. The quantitative estimate of drug-likeness (QED) is 0.792. The fourth-order valence-corrected chi connectivity index (χ4v) is 1.80. The van der Waals surface area contributed by atoms with Gasteiger partial charge in [0.15, 0.2) is 10.8 Å². The number of halogens is 1. The molecule has 4 nitrogen and oxygen atoms in total. The molecule has 0 saturated heterocycles. The van der Waals surface area contributed by atoms with Crippen molar-refractivity contribution in [3.8, 4) is 0 Å². The molecule has 0 aromatic carbocycles. The summed E-state index contributed by atoms with van der Waals surface area (Å²) in [6, 6.07) is 0. The van der Waals surface area contributed by atoms with Crippen LogP contribution in [0.15, 0.2) is 5.38 Å². The number of carbonyl (C=O) groups is 2. The van der Waals surface area contributed by atoms with Crippen LogP contribution in [0, 0.1) is 0 Å². The maximum atomic E-state index is 11.3. The number of Topliss-reactive ketones (excluding diaryl/α,β-unsaturated/α-hetero) is 1. The number of aliphatic carboxylic acids is 1. The van der Waals surface area contributed by atoms with E-state index in [2.05, 4.69) is 4.98 Å². The van der Waals surface area contributed by atoms with Crippen molar-refractivity contribution < 1.29 is 14.7 Å². The third-order valence-corrected chi connectivity index (χ3v) is 2.72. The molecule has 1 heterocycles. The monoisotopic (exact) mass is 233 g/mol. The fraction of sp³-hybridized carbons (Fsp3) is 0.375. The first kappa shape index (κ1) is 11.1. The number of thiazole rings is 1. The molecule has 0 amide bonds. The van der Waals surface area contributed by atoms with Crippen LogP contribution in [-0.4, -0.2) is 21.8 Å². The molecule has 0 aliphatic rings. The van der Waals surface area contributed by atoms with E-state index in [0.29, 0.717) is 16.6 Å². The normalized spacial score (nSPS) is 10.1. The van der Waals surface area contributed by atoms with Crippen molar-refractivity contribution in [2.24, 2.45) is 0 Å². The molecule has 0 aliphatic carbocycles. The molecule has 0 saturated carbocycles. The van der Waals surface area contributed by atoms with Gasteiger partial charge in [0.05, 0.1) is 0 Å². The van der Waals surface area contributed by atoms with Crippen LogP contribution in [-0.2, 0) is 4.79 Å². The second-order valence-corrected chi connectivity index (χ2v) is 3.89. The predicted molar refractivity (Wildman–Crippen MR) is 52.9 cm³/mol. The third-order valence-electron chi connectivity index (χ3n) is 1.51. The van der Waals surface area contributed by atoms with Crippen LogP contribution >= 0.6 is 22.9 Å². The molecule has 76 valence electrons. The van der Waals surface area contributed by atoms with E-state index in [9.17, 15) is 9.59 Å². The fourth-order valence-electron chi connectivity index (χ4n) is 0.889. The van der Waals surface area contributed by atoms with Gasteiger partial charge in [-0.1, -0.05) is 11.6 Å². The molecule has 1 aromatic heterocycles. The number of carbonyl (C=O) groups excluding carboxylic acids is 1. The van der Waals surface area contributed by atoms with Crippen LogP contribution in [0.4, 0.5) is 0 Å². The molecule has 0 bridgehead atoms. The lowest BCUT2D eigenvalue weighted by atomic mass is 10.2. The van der Waals surface area contributed by atoms with Crippen molar-refractivity contribution in [3.05, 3.63) is 15.5 Å². The molecule has 0 radical (unpaired) electrons. The number of hydrogen-bond acceptors (Lipinski definition) is 4. The van der Waals surface area contributed by atoms with Gasteiger partial charge in [0.25, 0.3) is 0 Å². The van der Waals surface area contributed by atoms with Crippen molar-refractivity contribution in [2.75, 3.05) is 0 Å². The van der Waals surface area contributed by atoms with E-state index in [4.69, 9.17) is 16.7 Å². The Morgan fingerprint density at radius 2 is 2.21 bits per heavy atom. The molecular formula is C8H8ClNO3S. The first-order valence-electron chi connectivity index (χ1n) is 3.95. The lowest BCUT2D eigenvalue weighted by Gasteiger charge is -1.94. The second-order valence-electron chi connectivity index (χ2n) is 2.65. The number of nitrogens with zero attached hydrogens (tertiary/aromatic N) is 1. The predicted octanol–water partition coefficient (Wildman–Crippen LogP) is 2.23. The molecule has 1 rings (SSSR count). The van der Waals surface area contributed by atoms with E-state index in [-0.39, 0.29) is 18.6 Å². The highest BCUT2D eigenvalue weighted by molar-refractivity contribution is 7.12. The number of ketones is 1. The van der Waals surface area contributed by atoms with Crippen LogP contribution < -0.4 is 0 Å². The lowest BCUT2D eigenvalue weighted by molar-refractivity contribution is -0.137. The van der Waals surface area contributed by atoms with E-state index in [1.165, 1.54) is 11.3 Å². The summed E-state index contributed by atoms with van der Waals surface area (Å²) in [5, 5.41) is 10.6. The summed E-state index contributed by atoms with van der Waals surface area (Å²) < 4.78 is 0. The van der Waals surface area contributed by atoms with E-state index >= 15 is 0 Å². The van der Waals surface area contributed by atoms with Crippen molar-refractivity contribution in [2.45, 2.75) is 19.3 Å². The van der Waals surface area contributed by atoms with Crippen molar-refractivity contribution in [1.29, 1.82) is 0 Å². The van der Waals surface area contributed by atoms with Gasteiger partial charge in [0.1, 0.15) is 5.15 Å². The van der Waals surface area contributed by atoms with E-state index in [0.717, 1.165) is 0 Å². The van der Waals surface area contributed by atoms with Gasteiger partial charge in [-0.05, 0) is 6.42 Å². The largest absolute Gasteiger partial charge is 0.481 e. The summed E-state index contributed by atoms with van der Waals surface area (Å²) in [5.74, 6) is -1.04. The lowest BCUT2D eigenvalue weighted by Crippen LogP contribution is -2.01. The Bertz CT molecular complexity index is 350. The summed E-state index contributed by atoms with van der Waals surface area (Å²) in [6.45, 7) is 0. The minimum absolute atomic E-state index is 0.00481. The molecule has 1 N–H and O–H groups in total. The SMILES string of the molecule is O=C(O)CCCC(=O)c1nc(Cl)cs1. The van der Waals surface area contributed by atoms with Gasteiger partial charge in [0.2, 0.25) is 0 Å². The van der Waals surface area contributed by atoms with Gasteiger partial charge < -0.3 is 5.11 Å². The summed E-state index contributed by atoms with van der Waals surface area (Å²) in [6.07, 6.45) is 0.548. The highest BCUT2D eigenvalue weighted by atomic mass is 35.5. The molecule has 1 aromatic rings. The first-order chi connectivity index (χ1) is 6.59. The molecular weight excluding hydrogens is 226 g/mol. The topological polar surface area (TPSA) is 67.3 Å². The Morgan fingerprint density at radius 3 is 2.71 bits per heavy atom. The average Bonchev–Trinajstić information content (AvgIpc) is 2.51. The molecule has 6 heteroatoms. The van der Waals surface area contributed by atoms with Crippen LogP contribution in [0.5, 0.6) is 0 Å². The smallest absolute Gasteiger partial charge is 0.303 e. The van der Waals surface area contributed by atoms with Gasteiger partial charge in [-0.3, -0.25) is 9.59 Å². The van der Waals surface area contributed by atoms with Gasteiger partial charge in [-0.2, -0.15) is 0 Å². The standard InChI is InChI=1S/C8H8ClNO3S/c9-6-4-14-8(10-6)5(11)2-1-3-7(12)13/h4H,1-3H2,(H,12,13). The summed E-state index contributed by atoms with van der Waals surface area (Å²) >= 11 is 6.72. The van der Waals surface area contributed by atoms with Gasteiger partial charge in [0, 0.05) is 18.2 Å². The number of rotatable bonds is 5. The Kier molecular flexibility index (Phi) is 4.03. The Morgan fingerprint density at radius 1 is 1.50 bits per heavy atom. The van der Waals surface area contributed by atoms with Crippen LogP contribution in [0.2, 0.25) is 5.15 Å². The summed E-state index contributed by atoms with van der Waals surface area (Å²) in [4.78, 5) is 25.3. The third kappa shape index (κ3) is 3.43. The van der Waals surface area contributed by atoms with Gasteiger partial charge in [-0.25, -0.2) is 4.98 Å².